The molecule has 1 aromatic rings. The van der Waals surface area contributed by atoms with Crippen molar-refractivity contribution in [1.82, 2.24) is 4.98 Å². The minimum atomic E-state index is 0.443. The molecule has 0 radical (unpaired) electrons. The topological polar surface area (TPSA) is 48.1 Å². The molecule has 2 rings (SSSR count). The highest BCUT2D eigenvalue weighted by Crippen LogP contribution is 2.21. The molecule has 2 N–H and O–H groups in total. The minimum absolute atomic E-state index is 0.443. The Hall–Kier alpha value is -1.09. The Kier molecular flexibility index (Phi) is 2.99. The van der Waals surface area contributed by atoms with E-state index in [4.69, 9.17) is 10.5 Å². The van der Waals surface area contributed by atoms with Crippen LogP contribution >= 0.6 is 0 Å². The second kappa shape index (κ2) is 4.42. The van der Waals surface area contributed by atoms with Crippen molar-refractivity contribution < 1.29 is 4.74 Å². The molecule has 3 heteroatoms. The Labute approximate surface area is 84.3 Å². The first-order valence-electron chi connectivity index (χ1n) is 5.16. The zero-order valence-corrected chi connectivity index (χ0v) is 8.28. The van der Waals surface area contributed by atoms with Gasteiger partial charge in [-0.3, -0.25) is 4.98 Å². The van der Waals surface area contributed by atoms with Crippen LogP contribution in [0.5, 0.6) is 0 Å². The van der Waals surface area contributed by atoms with E-state index in [0.29, 0.717) is 12.7 Å². The number of ether oxygens (including phenoxy) is 1. The third kappa shape index (κ3) is 2.45. The molecule has 1 heterocycles. The summed E-state index contributed by atoms with van der Waals surface area (Å²) in [5, 5.41) is 0. The van der Waals surface area contributed by atoms with Gasteiger partial charge in [-0.15, -0.1) is 0 Å². The van der Waals surface area contributed by atoms with Crippen LogP contribution < -0.4 is 5.73 Å². The van der Waals surface area contributed by atoms with Gasteiger partial charge in [0.15, 0.2) is 0 Å². The summed E-state index contributed by atoms with van der Waals surface area (Å²) in [5.74, 6) is 0. The van der Waals surface area contributed by atoms with Gasteiger partial charge in [0.05, 0.1) is 18.4 Å². The molecule has 0 atom stereocenters. The molecule has 0 aromatic carbocycles. The summed E-state index contributed by atoms with van der Waals surface area (Å²) >= 11 is 0. The first-order chi connectivity index (χ1) is 6.84. The molecule has 1 fully saturated rings. The monoisotopic (exact) mass is 192 g/mol. The smallest absolute Gasteiger partial charge is 0.0892 e. The van der Waals surface area contributed by atoms with Gasteiger partial charge >= 0.3 is 0 Å². The van der Waals surface area contributed by atoms with Crippen molar-refractivity contribution in [3.8, 4) is 0 Å². The summed E-state index contributed by atoms with van der Waals surface area (Å²) in [6, 6.07) is 3.66. The van der Waals surface area contributed by atoms with Crippen molar-refractivity contribution in [3.63, 3.8) is 0 Å². The number of pyridine rings is 1. The van der Waals surface area contributed by atoms with Crippen molar-refractivity contribution in [3.05, 3.63) is 24.0 Å². The molecule has 14 heavy (non-hydrogen) atoms. The molecule has 3 nitrogen and oxygen atoms in total. The maximum absolute atomic E-state index is 5.73. The van der Waals surface area contributed by atoms with Crippen molar-refractivity contribution in [1.29, 1.82) is 0 Å². The fourth-order valence-corrected chi connectivity index (χ4v) is 1.83. The fourth-order valence-electron chi connectivity index (χ4n) is 1.83. The van der Waals surface area contributed by atoms with E-state index in [1.54, 1.807) is 12.3 Å². The van der Waals surface area contributed by atoms with Crippen molar-refractivity contribution in [2.24, 2.45) is 0 Å². The van der Waals surface area contributed by atoms with E-state index in [2.05, 4.69) is 4.98 Å². The number of anilines is 1. The van der Waals surface area contributed by atoms with Crippen LogP contribution in [0.3, 0.4) is 0 Å². The molecule has 1 aromatic heterocycles. The molecular formula is C11H16N2O. The Balaban J connectivity index is 1.85. The molecule has 0 spiro atoms. The standard InChI is InChI=1S/C11H16N2O/c12-9-5-6-13-10(7-9)8-14-11-3-1-2-4-11/h5-7,11H,1-4,8H2,(H2,12,13). The highest BCUT2D eigenvalue weighted by atomic mass is 16.5. The molecule has 0 unspecified atom stereocenters. The van der Waals surface area contributed by atoms with E-state index >= 15 is 0 Å². The van der Waals surface area contributed by atoms with Crippen molar-refractivity contribution >= 4 is 5.69 Å². The van der Waals surface area contributed by atoms with Crippen LogP contribution in [0.1, 0.15) is 31.4 Å². The molecule has 0 bridgehead atoms. The Bertz CT molecular complexity index is 295. The molecule has 1 aliphatic rings. The number of hydrogen-bond donors (Lipinski definition) is 1. The van der Waals surface area contributed by atoms with Gasteiger partial charge < -0.3 is 10.5 Å². The quantitative estimate of drug-likeness (QED) is 0.798. The minimum Gasteiger partial charge on any atom is -0.399 e. The number of nitrogen functional groups attached to an aromatic ring is 1. The number of hydrogen-bond acceptors (Lipinski definition) is 3. The lowest BCUT2D eigenvalue weighted by atomic mass is 10.3. The lowest BCUT2D eigenvalue weighted by Gasteiger charge is -2.10. The van der Waals surface area contributed by atoms with Crippen LogP contribution in [0.2, 0.25) is 0 Å². The SMILES string of the molecule is Nc1ccnc(COC2CCCC2)c1. The van der Waals surface area contributed by atoms with Crippen LogP contribution in [-0.2, 0) is 11.3 Å². The first-order valence-corrected chi connectivity index (χ1v) is 5.16. The summed E-state index contributed by atoms with van der Waals surface area (Å²) in [6.07, 6.45) is 7.16. The fraction of sp³-hybridized carbons (Fsp3) is 0.545. The van der Waals surface area contributed by atoms with Gasteiger partial charge in [-0.05, 0) is 25.0 Å². The summed E-state index contributed by atoms with van der Waals surface area (Å²) in [7, 11) is 0. The summed E-state index contributed by atoms with van der Waals surface area (Å²) < 4.78 is 5.73. The lowest BCUT2D eigenvalue weighted by molar-refractivity contribution is 0.0438. The van der Waals surface area contributed by atoms with Gasteiger partial charge in [-0.2, -0.15) is 0 Å². The van der Waals surface area contributed by atoms with Crippen molar-refractivity contribution in [2.45, 2.75) is 38.4 Å². The number of nitrogens with two attached hydrogens (primary N) is 1. The Morgan fingerprint density at radius 1 is 1.43 bits per heavy atom. The van der Waals surface area contributed by atoms with Gasteiger partial charge in [0.25, 0.3) is 0 Å². The largest absolute Gasteiger partial charge is 0.399 e. The first kappa shape index (κ1) is 9.46. The summed E-state index contributed by atoms with van der Waals surface area (Å²) in [4.78, 5) is 4.20. The maximum atomic E-state index is 5.73. The van der Waals surface area contributed by atoms with E-state index in [0.717, 1.165) is 11.4 Å². The molecular weight excluding hydrogens is 176 g/mol. The van der Waals surface area contributed by atoms with Gasteiger partial charge in [0.2, 0.25) is 0 Å². The van der Waals surface area contributed by atoms with E-state index in [-0.39, 0.29) is 0 Å². The highest BCUT2D eigenvalue weighted by Gasteiger charge is 2.15. The van der Waals surface area contributed by atoms with Gasteiger partial charge in [0, 0.05) is 11.9 Å². The number of nitrogens with zero attached hydrogens (tertiary/aromatic N) is 1. The zero-order valence-electron chi connectivity index (χ0n) is 8.28. The third-order valence-corrected chi connectivity index (χ3v) is 2.61. The second-order valence-electron chi connectivity index (χ2n) is 3.80. The van der Waals surface area contributed by atoms with Crippen LogP contribution in [0.15, 0.2) is 18.3 Å². The van der Waals surface area contributed by atoms with E-state index in [9.17, 15) is 0 Å². The van der Waals surface area contributed by atoms with E-state index in [1.807, 2.05) is 6.07 Å². The van der Waals surface area contributed by atoms with Crippen molar-refractivity contribution in [2.75, 3.05) is 5.73 Å². The van der Waals surface area contributed by atoms with Gasteiger partial charge in [0.1, 0.15) is 0 Å². The average Bonchev–Trinajstić information content (AvgIpc) is 2.67. The maximum Gasteiger partial charge on any atom is 0.0892 e. The molecule has 1 aliphatic carbocycles. The normalized spacial score (nSPS) is 17.4. The van der Waals surface area contributed by atoms with Crippen LogP contribution in [-0.4, -0.2) is 11.1 Å². The Morgan fingerprint density at radius 2 is 2.21 bits per heavy atom. The molecule has 76 valence electrons. The highest BCUT2D eigenvalue weighted by molar-refractivity contribution is 5.36. The van der Waals surface area contributed by atoms with Crippen LogP contribution in [0.4, 0.5) is 5.69 Å². The third-order valence-electron chi connectivity index (χ3n) is 2.61. The molecule has 1 saturated carbocycles. The number of rotatable bonds is 3. The number of aromatic nitrogens is 1. The van der Waals surface area contributed by atoms with Crippen LogP contribution in [0.25, 0.3) is 0 Å². The van der Waals surface area contributed by atoms with Gasteiger partial charge in [-0.25, -0.2) is 0 Å². The summed E-state index contributed by atoms with van der Waals surface area (Å²) in [5.41, 5.74) is 7.33. The van der Waals surface area contributed by atoms with Crippen LogP contribution in [0, 0.1) is 0 Å². The Morgan fingerprint density at radius 3 is 2.93 bits per heavy atom. The van der Waals surface area contributed by atoms with E-state index < -0.39 is 0 Å². The lowest BCUT2D eigenvalue weighted by Crippen LogP contribution is -2.08. The average molecular weight is 192 g/mol. The molecule has 0 saturated heterocycles. The van der Waals surface area contributed by atoms with E-state index in [1.165, 1.54) is 25.7 Å². The summed E-state index contributed by atoms with van der Waals surface area (Å²) in [6.45, 7) is 0.593. The second-order valence-corrected chi connectivity index (χ2v) is 3.80. The van der Waals surface area contributed by atoms with Gasteiger partial charge in [-0.1, -0.05) is 12.8 Å². The predicted molar refractivity (Wildman–Crippen MR) is 55.7 cm³/mol. The molecule has 0 aliphatic heterocycles. The zero-order chi connectivity index (χ0) is 9.80. The molecule has 0 amide bonds. The predicted octanol–water partition coefficient (Wildman–Crippen LogP) is 2.12.